The van der Waals surface area contributed by atoms with Gasteiger partial charge in [-0.15, -0.1) is 0 Å². The van der Waals surface area contributed by atoms with Crippen LogP contribution in [-0.2, 0) is 11.2 Å². The van der Waals surface area contributed by atoms with E-state index in [-0.39, 0.29) is 11.8 Å². The Morgan fingerprint density at radius 1 is 1.35 bits per heavy atom. The van der Waals surface area contributed by atoms with Gasteiger partial charge in [-0.3, -0.25) is 4.79 Å². The van der Waals surface area contributed by atoms with Crippen molar-refractivity contribution in [3.63, 3.8) is 0 Å². The minimum atomic E-state index is -0.635. The van der Waals surface area contributed by atoms with E-state index < -0.39 is 5.97 Å². The van der Waals surface area contributed by atoms with Gasteiger partial charge in [-0.25, -0.2) is 0 Å². The third kappa shape index (κ3) is 3.30. The van der Waals surface area contributed by atoms with Gasteiger partial charge in [-0.05, 0) is 43.8 Å². The van der Waals surface area contributed by atoms with E-state index in [0.29, 0.717) is 0 Å². The minimum absolute atomic E-state index is 0.167. The summed E-state index contributed by atoms with van der Waals surface area (Å²) in [6, 6.07) is 10.3. The molecule has 0 aliphatic carbocycles. The smallest absolute Gasteiger partial charge is 0.306 e. The summed E-state index contributed by atoms with van der Waals surface area (Å²) in [5.74, 6) is -0.536. The summed E-state index contributed by atoms with van der Waals surface area (Å²) < 4.78 is 0. The van der Waals surface area contributed by atoms with Crippen molar-refractivity contribution in [3.05, 3.63) is 35.9 Å². The number of benzene rings is 1. The van der Waals surface area contributed by atoms with Crippen molar-refractivity contribution in [1.82, 2.24) is 5.32 Å². The van der Waals surface area contributed by atoms with Crippen molar-refractivity contribution in [2.24, 2.45) is 11.8 Å². The molecule has 1 aliphatic heterocycles. The minimum Gasteiger partial charge on any atom is -0.481 e. The Labute approximate surface area is 102 Å². The van der Waals surface area contributed by atoms with Crippen molar-refractivity contribution in [2.45, 2.75) is 19.3 Å². The van der Waals surface area contributed by atoms with Crippen molar-refractivity contribution in [3.8, 4) is 0 Å². The summed E-state index contributed by atoms with van der Waals surface area (Å²) >= 11 is 0. The molecule has 1 aromatic carbocycles. The molecular weight excluding hydrogens is 214 g/mol. The van der Waals surface area contributed by atoms with Gasteiger partial charge < -0.3 is 10.4 Å². The summed E-state index contributed by atoms with van der Waals surface area (Å²) in [5, 5.41) is 12.5. The molecule has 1 aliphatic rings. The number of piperidine rings is 1. The largest absolute Gasteiger partial charge is 0.481 e. The normalized spacial score (nSPS) is 24.5. The molecule has 2 atom stereocenters. The van der Waals surface area contributed by atoms with Crippen LogP contribution in [0.15, 0.2) is 30.3 Å². The maximum absolute atomic E-state index is 11.1. The zero-order chi connectivity index (χ0) is 12.1. The van der Waals surface area contributed by atoms with Crippen LogP contribution in [0, 0.1) is 11.8 Å². The lowest BCUT2D eigenvalue weighted by atomic mass is 9.82. The average Bonchev–Trinajstić information content (AvgIpc) is 2.38. The summed E-state index contributed by atoms with van der Waals surface area (Å²) in [6.07, 6.45) is 2.68. The van der Waals surface area contributed by atoms with Crippen molar-refractivity contribution in [2.75, 3.05) is 13.1 Å². The molecule has 1 saturated heterocycles. The second kappa shape index (κ2) is 5.82. The number of aliphatic carboxylic acids is 1. The molecule has 1 heterocycles. The van der Waals surface area contributed by atoms with Crippen molar-refractivity contribution < 1.29 is 9.90 Å². The van der Waals surface area contributed by atoms with Gasteiger partial charge in [-0.1, -0.05) is 30.3 Å². The van der Waals surface area contributed by atoms with E-state index in [0.717, 1.165) is 32.4 Å². The average molecular weight is 233 g/mol. The van der Waals surface area contributed by atoms with Gasteiger partial charge in [0.25, 0.3) is 0 Å². The fraction of sp³-hybridized carbons (Fsp3) is 0.500. The quantitative estimate of drug-likeness (QED) is 0.835. The van der Waals surface area contributed by atoms with Gasteiger partial charge in [0.1, 0.15) is 0 Å². The van der Waals surface area contributed by atoms with Gasteiger partial charge in [0.05, 0.1) is 5.92 Å². The topological polar surface area (TPSA) is 49.3 Å². The van der Waals surface area contributed by atoms with E-state index in [1.54, 1.807) is 0 Å². The second-order valence-electron chi connectivity index (χ2n) is 4.72. The lowest BCUT2D eigenvalue weighted by Gasteiger charge is -2.29. The lowest BCUT2D eigenvalue weighted by molar-refractivity contribution is -0.144. The van der Waals surface area contributed by atoms with Crippen molar-refractivity contribution in [1.29, 1.82) is 0 Å². The molecule has 0 radical (unpaired) electrons. The molecule has 17 heavy (non-hydrogen) atoms. The zero-order valence-electron chi connectivity index (χ0n) is 9.93. The highest BCUT2D eigenvalue weighted by atomic mass is 16.4. The number of carboxylic acids is 1. The van der Waals surface area contributed by atoms with E-state index in [1.165, 1.54) is 5.56 Å². The SMILES string of the molecule is O=C(O)C1CCNCC1CCc1ccccc1. The maximum Gasteiger partial charge on any atom is 0.306 e. The summed E-state index contributed by atoms with van der Waals surface area (Å²) in [5.41, 5.74) is 1.29. The molecule has 92 valence electrons. The Morgan fingerprint density at radius 2 is 2.12 bits per heavy atom. The van der Waals surface area contributed by atoms with E-state index in [1.807, 2.05) is 18.2 Å². The maximum atomic E-state index is 11.1. The van der Waals surface area contributed by atoms with Gasteiger partial charge >= 0.3 is 5.97 Å². The van der Waals surface area contributed by atoms with Gasteiger partial charge in [0.2, 0.25) is 0 Å². The number of hydrogen-bond acceptors (Lipinski definition) is 2. The number of hydrogen-bond donors (Lipinski definition) is 2. The first-order valence-electron chi connectivity index (χ1n) is 6.25. The van der Waals surface area contributed by atoms with Crippen LogP contribution in [0.25, 0.3) is 0 Å². The molecule has 2 N–H and O–H groups in total. The van der Waals surface area contributed by atoms with Crippen LogP contribution in [0.5, 0.6) is 0 Å². The fourth-order valence-electron chi connectivity index (χ4n) is 2.55. The van der Waals surface area contributed by atoms with Crippen molar-refractivity contribution >= 4 is 5.97 Å². The molecule has 2 rings (SSSR count). The summed E-state index contributed by atoms with van der Waals surface area (Å²) in [7, 11) is 0. The van der Waals surface area contributed by atoms with Crippen LogP contribution >= 0.6 is 0 Å². The molecule has 1 aromatic rings. The molecule has 2 unspecified atom stereocenters. The number of carboxylic acid groups (broad SMARTS) is 1. The van der Waals surface area contributed by atoms with E-state index in [4.69, 9.17) is 0 Å². The first-order valence-corrected chi connectivity index (χ1v) is 6.25. The number of rotatable bonds is 4. The van der Waals surface area contributed by atoms with E-state index in [9.17, 15) is 9.90 Å². The number of aryl methyl sites for hydroxylation is 1. The Bertz CT molecular complexity index is 364. The zero-order valence-corrected chi connectivity index (χ0v) is 9.93. The second-order valence-corrected chi connectivity index (χ2v) is 4.72. The highest BCUT2D eigenvalue weighted by Gasteiger charge is 2.30. The highest BCUT2D eigenvalue weighted by Crippen LogP contribution is 2.24. The predicted octanol–water partition coefficient (Wildman–Crippen LogP) is 1.93. The Hall–Kier alpha value is -1.35. The lowest BCUT2D eigenvalue weighted by Crippen LogP contribution is -2.40. The molecule has 0 saturated carbocycles. The summed E-state index contributed by atoms with van der Waals surface area (Å²) in [4.78, 5) is 11.1. The van der Waals surface area contributed by atoms with Crippen LogP contribution in [0.3, 0.4) is 0 Å². The number of nitrogens with one attached hydrogen (secondary N) is 1. The van der Waals surface area contributed by atoms with Crippen LogP contribution in [-0.4, -0.2) is 24.2 Å². The molecule has 0 spiro atoms. The Kier molecular flexibility index (Phi) is 4.15. The Balaban J connectivity index is 1.90. The van der Waals surface area contributed by atoms with Crippen LogP contribution in [0.1, 0.15) is 18.4 Å². The number of carbonyl (C=O) groups is 1. The van der Waals surface area contributed by atoms with Crippen LogP contribution in [0.2, 0.25) is 0 Å². The van der Waals surface area contributed by atoms with Gasteiger partial charge in [0.15, 0.2) is 0 Å². The third-order valence-corrected chi connectivity index (χ3v) is 3.57. The highest BCUT2D eigenvalue weighted by molar-refractivity contribution is 5.70. The van der Waals surface area contributed by atoms with E-state index in [2.05, 4.69) is 17.4 Å². The molecule has 1 fully saturated rings. The molecule has 0 bridgehead atoms. The van der Waals surface area contributed by atoms with Crippen LogP contribution < -0.4 is 5.32 Å². The van der Waals surface area contributed by atoms with Crippen LogP contribution in [0.4, 0.5) is 0 Å². The van der Waals surface area contributed by atoms with Gasteiger partial charge in [0, 0.05) is 0 Å². The standard InChI is InChI=1S/C14H19NO2/c16-14(17)13-8-9-15-10-12(13)7-6-11-4-2-1-3-5-11/h1-5,12-13,15H,6-10H2,(H,16,17). The summed E-state index contributed by atoms with van der Waals surface area (Å²) in [6.45, 7) is 1.67. The molecule has 3 nitrogen and oxygen atoms in total. The molecule has 0 amide bonds. The molecule has 0 aromatic heterocycles. The fourth-order valence-corrected chi connectivity index (χ4v) is 2.55. The molecular formula is C14H19NO2. The third-order valence-electron chi connectivity index (χ3n) is 3.57. The first-order chi connectivity index (χ1) is 8.27. The monoisotopic (exact) mass is 233 g/mol. The first kappa shape index (κ1) is 12.1. The van der Waals surface area contributed by atoms with E-state index >= 15 is 0 Å². The Morgan fingerprint density at radius 3 is 2.82 bits per heavy atom. The van der Waals surface area contributed by atoms with Gasteiger partial charge in [-0.2, -0.15) is 0 Å². The predicted molar refractivity (Wildman–Crippen MR) is 66.9 cm³/mol. The molecule has 3 heteroatoms.